The third kappa shape index (κ3) is 2.39. The molecule has 0 amide bonds. The van der Waals surface area contributed by atoms with Gasteiger partial charge in [-0.3, -0.25) is 15.0 Å². The second-order valence-electron chi connectivity index (χ2n) is 8.05. The molecule has 1 fully saturated rings. The Hall–Kier alpha value is -2.24. The highest BCUT2D eigenvalue weighted by atomic mass is 79.9. The van der Waals surface area contributed by atoms with E-state index in [9.17, 15) is 21.6 Å². The minimum Gasteiger partial charge on any atom is -0.282 e. The summed E-state index contributed by atoms with van der Waals surface area (Å²) in [7, 11) is -4.01. The van der Waals surface area contributed by atoms with E-state index in [0.29, 0.717) is 6.42 Å². The number of hydrogen-bond donors (Lipinski definition) is 1. The summed E-state index contributed by atoms with van der Waals surface area (Å²) in [5, 5.41) is 7.14. The summed E-state index contributed by atoms with van der Waals surface area (Å²) in [5.41, 5.74) is 2.60. The summed E-state index contributed by atoms with van der Waals surface area (Å²) in [5.74, 6) is 0. The molecule has 2 aromatic heterocycles. The molecule has 11 heteroatoms. The number of aromatic amines is 1. The Morgan fingerprint density at radius 1 is 1.19 bits per heavy atom. The zero-order valence-corrected chi connectivity index (χ0v) is 18.1. The van der Waals surface area contributed by atoms with Crippen molar-refractivity contribution in [1.29, 1.82) is 0 Å². The van der Waals surface area contributed by atoms with Crippen LogP contribution in [0, 0.1) is 0 Å². The van der Waals surface area contributed by atoms with Crippen LogP contribution in [0.2, 0.25) is 0 Å². The quantitative estimate of drug-likeness (QED) is 0.532. The predicted octanol–water partition coefficient (Wildman–Crippen LogP) is 3.64. The van der Waals surface area contributed by atoms with Crippen molar-refractivity contribution in [2.75, 3.05) is 0 Å². The molecular formula is C20H14BrF3N4O2S. The van der Waals surface area contributed by atoms with Crippen molar-refractivity contribution in [3.8, 4) is 0 Å². The summed E-state index contributed by atoms with van der Waals surface area (Å²) in [6.07, 6.45) is -1.35. The topological polar surface area (TPSA) is 78.7 Å². The first-order chi connectivity index (χ1) is 14.7. The molecule has 1 aromatic carbocycles. The van der Waals surface area contributed by atoms with Crippen molar-refractivity contribution in [2.45, 2.75) is 40.9 Å². The van der Waals surface area contributed by atoms with Gasteiger partial charge < -0.3 is 0 Å². The van der Waals surface area contributed by atoms with Crippen molar-refractivity contribution in [3.63, 3.8) is 0 Å². The zero-order chi connectivity index (χ0) is 21.8. The Morgan fingerprint density at radius 2 is 2.00 bits per heavy atom. The van der Waals surface area contributed by atoms with Gasteiger partial charge in [-0.05, 0) is 29.3 Å². The number of rotatable bonds is 2. The highest BCUT2D eigenvalue weighted by Crippen LogP contribution is 2.64. The van der Waals surface area contributed by atoms with Gasteiger partial charge >= 0.3 is 6.18 Å². The number of fused-ring (bicyclic) bond motifs is 5. The summed E-state index contributed by atoms with van der Waals surface area (Å²) in [4.78, 5) is 3.92. The number of halogens is 4. The van der Waals surface area contributed by atoms with E-state index in [1.54, 1.807) is 6.20 Å². The fraction of sp³-hybridized carbons (Fsp3) is 0.300. The number of hydrogen-bond acceptors (Lipinski definition) is 5. The highest BCUT2D eigenvalue weighted by molar-refractivity contribution is 9.10. The van der Waals surface area contributed by atoms with Crippen LogP contribution in [0.4, 0.5) is 13.2 Å². The Bertz CT molecular complexity index is 1340. The van der Waals surface area contributed by atoms with Crippen molar-refractivity contribution in [3.05, 3.63) is 75.3 Å². The Morgan fingerprint density at radius 3 is 2.71 bits per heavy atom. The summed E-state index contributed by atoms with van der Waals surface area (Å²) >= 11 is 3.61. The van der Waals surface area contributed by atoms with E-state index in [1.807, 2.05) is 23.1 Å². The fourth-order valence-corrected chi connectivity index (χ4v) is 8.09. The van der Waals surface area contributed by atoms with E-state index in [2.05, 4.69) is 31.1 Å². The molecule has 1 saturated heterocycles. The number of pyridine rings is 1. The molecule has 0 spiro atoms. The molecule has 3 aromatic rings. The molecule has 31 heavy (non-hydrogen) atoms. The number of H-pyrrole nitrogens is 1. The Labute approximate surface area is 183 Å². The van der Waals surface area contributed by atoms with Crippen LogP contribution in [0.5, 0.6) is 0 Å². The minimum absolute atomic E-state index is 0.200. The monoisotopic (exact) mass is 510 g/mol. The smallest absolute Gasteiger partial charge is 0.282 e. The average Bonchev–Trinajstić information content (AvgIpc) is 3.14. The van der Waals surface area contributed by atoms with E-state index < -0.39 is 26.6 Å². The van der Waals surface area contributed by atoms with Crippen LogP contribution >= 0.6 is 15.9 Å². The molecule has 1 N–H and O–H groups in total. The number of aromatic nitrogens is 3. The first-order valence-electron chi connectivity index (χ1n) is 9.52. The lowest BCUT2D eigenvalue weighted by Crippen LogP contribution is -2.38. The lowest BCUT2D eigenvalue weighted by molar-refractivity contribution is -0.141. The largest absolute Gasteiger partial charge is 0.433 e. The van der Waals surface area contributed by atoms with Gasteiger partial charge in [0.05, 0.1) is 23.2 Å². The highest BCUT2D eigenvalue weighted by Gasteiger charge is 2.76. The second kappa shape index (κ2) is 5.96. The molecule has 160 valence electrons. The fourth-order valence-electron chi connectivity index (χ4n) is 5.26. The van der Waals surface area contributed by atoms with Gasteiger partial charge in [-0.1, -0.05) is 28.1 Å². The van der Waals surface area contributed by atoms with E-state index in [-0.39, 0.29) is 23.4 Å². The number of sulfone groups is 1. The van der Waals surface area contributed by atoms with Crippen molar-refractivity contribution in [2.24, 2.45) is 0 Å². The maximum absolute atomic E-state index is 13.8. The van der Waals surface area contributed by atoms with Crippen molar-refractivity contribution < 1.29 is 21.6 Å². The Kier molecular flexibility index (Phi) is 3.74. The van der Waals surface area contributed by atoms with Crippen LogP contribution in [-0.2, 0) is 28.9 Å². The maximum Gasteiger partial charge on any atom is 0.433 e. The van der Waals surface area contributed by atoms with Gasteiger partial charge in [0.2, 0.25) is 9.84 Å². The van der Waals surface area contributed by atoms with Gasteiger partial charge in [0.1, 0.15) is 10.6 Å². The number of benzene rings is 1. The van der Waals surface area contributed by atoms with Crippen LogP contribution in [0.15, 0.2) is 52.1 Å². The SMILES string of the molecule is O=S(=O)(c1ccc(C(F)(F)F)nc1)C12Cc3cccc(Br)c3C3c4cn[nH]c4CC1N32. The van der Waals surface area contributed by atoms with Crippen molar-refractivity contribution in [1.82, 2.24) is 20.1 Å². The van der Waals surface area contributed by atoms with Gasteiger partial charge in [0.15, 0.2) is 0 Å². The number of nitrogens with zero attached hydrogens (tertiary/aromatic N) is 3. The van der Waals surface area contributed by atoms with Gasteiger partial charge in [-0.25, -0.2) is 8.42 Å². The number of alkyl halides is 3. The molecule has 3 aliphatic rings. The van der Waals surface area contributed by atoms with Crippen LogP contribution in [0.25, 0.3) is 0 Å². The van der Waals surface area contributed by atoms with Gasteiger partial charge in [-0.15, -0.1) is 0 Å². The zero-order valence-electron chi connectivity index (χ0n) is 15.7. The molecule has 0 bridgehead atoms. The van der Waals surface area contributed by atoms with E-state index >= 15 is 0 Å². The molecule has 6 rings (SSSR count). The average molecular weight is 511 g/mol. The van der Waals surface area contributed by atoms with Crippen LogP contribution in [0.1, 0.15) is 34.1 Å². The van der Waals surface area contributed by atoms with Gasteiger partial charge in [0, 0.05) is 34.8 Å². The predicted molar refractivity (Wildman–Crippen MR) is 107 cm³/mol. The third-order valence-corrected chi connectivity index (χ3v) is 9.72. The van der Waals surface area contributed by atoms with Crippen LogP contribution in [0.3, 0.4) is 0 Å². The lowest BCUT2D eigenvalue weighted by atomic mass is 9.90. The maximum atomic E-state index is 13.8. The lowest BCUT2D eigenvalue weighted by Gasteiger charge is -2.33. The van der Waals surface area contributed by atoms with E-state index in [0.717, 1.165) is 45.2 Å². The first kappa shape index (κ1) is 19.4. The molecule has 4 atom stereocenters. The summed E-state index contributed by atoms with van der Waals surface area (Å²) in [6, 6.07) is 6.82. The molecule has 6 nitrogen and oxygen atoms in total. The molecule has 4 unspecified atom stereocenters. The summed E-state index contributed by atoms with van der Waals surface area (Å²) in [6.45, 7) is 0. The van der Waals surface area contributed by atoms with E-state index in [4.69, 9.17) is 0 Å². The normalized spacial score (nSPS) is 28.5. The van der Waals surface area contributed by atoms with Crippen LogP contribution < -0.4 is 0 Å². The third-order valence-electron chi connectivity index (χ3n) is 6.61. The molecular weight excluding hydrogens is 497 g/mol. The first-order valence-corrected chi connectivity index (χ1v) is 11.8. The van der Waals surface area contributed by atoms with Gasteiger partial charge in [-0.2, -0.15) is 18.3 Å². The molecule has 0 radical (unpaired) electrons. The molecule has 3 aliphatic heterocycles. The minimum atomic E-state index is -4.63. The molecule has 5 heterocycles. The second-order valence-corrected chi connectivity index (χ2v) is 11.1. The summed E-state index contributed by atoms with van der Waals surface area (Å²) < 4.78 is 67.3. The Balaban J connectivity index is 1.52. The molecule has 0 aliphatic carbocycles. The number of nitrogens with one attached hydrogen (secondary N) is 1. The van der Waals surface area contributed by atoms with Crippen molar-refractivity contribution >= 4 is 25.8 Å². The van der Waals surface area contributed by atoms with E-state index in [1.165, 1.54) is 0 Å². The van der Waals surface area contributed by atoms with Gasteiger partial charge in [0.25, 0.3) is 0 Å². The molecule has 0 saturated carbocycles. The van der Waals surface area contributed by atoms with Crippen LogP contribution in [-0.4, -0.2) is 39.4 Å². The standard InChI is InChI=1S/C20H14BrF3N4O2S/c21-13-3-1-2-10-7-19(31(29,30)11-4-5-15(25-8-11)20(22,23)24)16-6-14-12(9-26-27-14)18(17(10)13)28(16)19/h1-5,8-9,16,18H,6-7H2,(H,26,27).